The van der Waals surface area contributed by atoms with Crippen LogP contribution in [0.4, 0.5) is 0 Å². The molecule has 0 aromatic rings. The minimum Gasteiger partial charge on any atom is -0.314 e. The third-order valence-corrected chi connectivity index (χ3v) is 3.75. The van der Waals surface area contributed by atoms with Crippen LogP contribution in [0.25, 0.3) is 0 Å². The quantitative estimate of drug-likeness (QED) is 0.640. The lowest BCUT2D eigenvalue weighted by atomic mass is 10.1. The number of hydrogen-bond donors (Lipinski definition) is 1. The normalized spacial score (nSPS) is 19.9. The fourth-order valence-corrected chi connectivity index (χ4v) is 2.53. The summed E-state index contributed by atoms with van der Waals surface area (Å²) >= 11 is 0. The van der Waals surface area contributed by atoms with Crippen molar-refractivity contribution in [3.05, 3.63) is 0 Å². The lowest BCUT2D eigenvalue weighted by molar-refractivity contribution is 0.174. The summed E-state index contributed by atoms with van der Waals surface area (Å²) in [5.41, 5.74) is 0. The van der Waals surface area contributed by atoms with Crippen LogP contribution in [0.5, 0.6) is 0 Å². The molecule has 0 radical (unpaired) electrons. The van der Waals surface area contributed by atoms with E-state index in [-0.39, 0.29) is 0 Å². The molecule has 2 nitrogen and oxygen atoms in total. The van der Waals surface area contributed by atoms with Crippen molar-refractivity contribution in [2.75, 3.05) is 26.2 Å². The predicted octanol–water partition coefficient (Wildman–Crippen LogP) is 3.03. The molecule has 0 aromatic carbocycles. The van der Waals surface area contributed by atoms with Gasteiger partial charge in [-0.25, -0.2) is 0 Å². The van der Waals surface area contributed by atoms with Crippen LogP contribution in [0.3, 0.4) is 0 Å². The third kappa shape index (κ3) is 5.86. The minimum absolute atomic E-state index is 0.799. The Hall–Kier alpha value is -0.0800. The molecule has 1 aliphatic rings. The summed E-state index contributed by atoms with van der Waals surface area (Å²) < 4.78 is 0. The fourth-order valence-electron chi connectivity index (χ4n) is 2.53. The molecule has 1 heterocycles. The number of rotatable bonds is 8. The maximum absolute atomic E-state index is 3.42. The van der Waals surface area contributed by atoms with Gasteiger partial charge in [-0.05, 0) is 13.3 Å². The van der Waals surface area contributed by atoms with Gasteiger partial charge in [0.25, 0.3) is 0 Å². The lowest BCUT2D eigenvalue weighted by Crippen LogP contribution is -2.47. The number of nitrogens with zero attached hydrogens (tertiary/aromatic N) is 1. The summed E-state index contributed by atoms with van der Waals surface area (Å²) in [6.45, 7) is 9.54. The number of hydrogen-bond acceptors (Lipinski definition) is 2. The molecule has 0 spiro atoms. The van der Waals surface area contributed by atoms with E-state index in [1.54, 1.807) is 0 Å². The third-order valence-electron chi connectivity index (χ3n) is 3.75. The molecule has 0 bridgehead atoms. The van der Waals surface area contributed by atoms with Gasteiger partial charge >= 0.3 is 0 Å². The summed E-state index contributed by atoms with van der Waals surface area (Å²) in [6, 6.07) is 0.799. The highest BCUT2D eigenvalue weighted by Crippen LogP contribution is 2.12. The number of unbranched alkanes of at least 4 members (excludes halogenated alkanes) is 5. The Balaban J connectivity index is 1.94. The molecule has 0 aromatic heterocycles. The van der Waals surface area contributed by atoms with Crippen LogP contribution < -0.4 is 5.32 Å². The van der Waals surface area contributed by atoms with Crippen LogP contribution in [0, 0.1) is 0 Å². The molecule has 1 saturated heterocycles. The van der Waals surface area contributed by atoms with Gasteiger partial charge in [-0.15, -0.1) is 0 Å². The van der Waals surface area contributed by atoms with Gasteiger partial charge in [0.15, 0.2) is 0 Å². The van der Waals surface area contributed by atoms with Gasteiger partial charge in [-0.1, -0.05) is 45.4 Å². The zero-order chi connectivity index (χ0) is 11.6. The molecule has 16 heavy (non-hydrogen) atoms. The van der Waals surface area contributed by atoms with Crippen molar-refractivity contribution in [2.45, 2.75) is 64.8 Å². The fraction of sp³-hybridized carbons (Fsp3) is 1.00. The van der Waals surface area contributed by atoms with Crippen molar-refractivity contribution >= 4 is 0 Å². The van der Waals surface area contributed by atoms with Gasteiger partial charge in [-0.2, -0.15) is 0 Å². The summed E-state index contributed by atoms with van der Waals surface area (Å²) in [4.78, 5) is 2.64. The Bertz CT molecular complexity index is 153. The molecule has 0 saturated carbocycles. The van der Waals surface area contributed by atoms with Crippen LogP contribution in [-0.2, 0) is 0 Å². The molecule has 2 heteroatoms. The Morgan fingerprint density at radius 2 is 1.62 bits per heavy atom. The average Bonchev–Trinajstić information content (AvgIpc) is 2.34. The maximum Gasteiger partial charge on any atom is 0.0110 e. The molecule has 1 N–H and O–H groups in total. The van der Waals surface area contributed by atoms with Gasteiger partial charge in [0.2, 0.25) is 0 Å². The molecule has 96 valence electrons. The van der Waals surface area contributed by atoms with Gasteiger partial charge in [0, 0.05) is 32.2 Å². The Kier molecular flexibility index (Phi) is 7.87. The predicted molar refractivity (Wildman–Crippen MR) is 71.9 cm³/mol. The smallest absolute Gasteiger partial charge is 0.0110 e. The summed E-state index contributed by atoms with van der Waals surface area (Å²) in [6.07, 6.45) is 9.93. The molecule has 1 atom stereocenters. The van der Waals surface area contributed by atoms with Gasteiger partial charge in [-0.3, -0.25) is 4.90 Å². The first kappa shape index (κ1) is 14.0. The number of nitrogens with one attached hydrogen (secondary N) is 1. The van der Waals surface area contributed by atoms with E-state index < -0.39 is 0 Å². The monoisotopic (exact) mass is 226 g/mol. The molecule has 0 aliphatic carbocycles. The van der Waals surface area contributed by atoms with Gasteiger partial charge in [0.1, 0.15) is 0 Å². The first-order chi connectivity index (χ1) is 7.84. The Morgan fingerprint density at radius 3 is 2.31 bits per heavy atom. The van der Waals surface area contributed by atoms with Crippen LogP contribution >= 0.6 is 0 Å². The lowest BCUT2D eigenvalue weighted by Gasteiger charge is -2.32. The van der Waals surface area contributed by atoms with E-state index in [9.17, 15) is 0 Å². The highest BCUT2D eigenvalue weighted by Gasteiger charge is 2.15. The summed E-state index contributed by atoms with van der Waals surface area (Å²) in [5, 5.41) is 3.42. The van der Waals surface area contributed by atoms with Crippen molar-refractivity contribution in [2.24, 2.45) is 0 Å². The Labute approximate surface area is 102 Å². The van der Waals surface area contributed by atoms with Crippen molar-refractivity contribution in [1.82, 2.24) is 10.2 Å². The van der Waals surface area contributed by atoms with Crippen LogP contribution in [0.15, 0.2) is 0 Å². The average molecular weight is 226 g/mol. The zero-order valence-corrected chi connectivity index (χ0v) is 11.3. The van der Waals surface area contributed by atoms with Crippen molar-refractivity contribution in [3.8, 4) is 0 Å². The molecule has 1 fully saturated rings. The van der Waals surface area contributed by atoms with E-state index in [0.717, 1.165) is 6.04 Å². The molecule has 1 unspecified atom stereocenters. The highest BCUT2D eigenvalue weighted by atomic mass is 15.2. The van der Waals surface area contributed by atoms with E-state index in [1.165, 1.54) is 71.1 Å². The van der Waals surface area contributed by atoms with E-state index >= 15 is 0 Å². The van der Waals surface area contributed by atoms with E-state index in [4.69, 9.17) is 0 Å². The molecular weight excluding hydrogens is 196 g/mol. The van der Waals surface area contributed by atoms with Gasteiger partial charge < -0.3 is 5.32 Å². The van der Waals surface area contributed by atoms with Crippen LogP contribution in [-0.4, -0.2) is 37.1 Å². The maximum atomic E-state index is 3.42. The van der Waals surface area contributed by atoms with Crippen molar-refractivity contribution in [1.29, 1.82) is 0 Å². The first-order valence-corrected chi connectivity index (χ1v) is 7.29. The summed E-state index contributed by atoms with van der Waals surface area (Å²) in [7, 11) is 0. The van der Waals surface area contributed by atoms with E-state index in [0.29, 0.717) is 0 Å². The minimum atomic E-state index is 0.799. The molecule has 0 amide bonds. The second-order valence-electron chi connectivity index (χ2n) is 5.19. The van der Waals surface area contributed by atoms with E-state index in [2.05, 4.69) is 24.1 Å². The summed E-state index contributed by atoms with van der Waals surface area (Å²) in [5.74, 6) is 0. The molecular formula is C14H30N2. The second-order valence-corrected chi connectivity index (χ2v) is 5.19. The topological polar surface area (TPSA) is 15.3 Å². The first-order valence-electron chi connectivity index (χ1n) is 7.29. The Morgan fingerprint density at radius 1 is 1.00 bits per heavy atom. The molecule has 1 aliphatic heterocycles. The molecule has 1 rings (SSSR count). The SMILES string of the molecule is CCCCCCCCC(C)N1CCNCC1. The van der Waals surface area contributed by atoms with Crippen LogP contribution in [0.2, 0.25) is 0 Å². The second kappa shape index (κ2) is 9.00. The standard InChI is InChI=1S/C14H30N2/c1-3-4-5-6-7-8-9-14(2)16-12-10-15-11-13-16/h14-15H,3-13H2,1-2H3. The number of piperazine rings is 1. The van der Waals surface area contributed by atoms with Crippen LogP contribution in [0.1, 0.15) is 58.8 Å². The van der Waals surface area contributed by atoms with Gasteiger partial charge in [0.05, 0.1) is 0 Å². The zero-order valence-electron chi connectivity index (χ0n) is 11.3. The highest BCUT2D eigenvalue weighted by molar-refractivity contribution is 4.73. The largest absolute Gasteiger partial charge is 0.314 e. The van der Waals surface area contributed by atoms with E-state index in [1.807, 2.05) is 0 Å². The van der Waals surface area contributed by atoms with Crippen molar-refractivity contribution in [3.63, 3.8) is 0 Å². The van der Waals surface area contributed by atoms with Crippen molar-refractivity contribution < 1.29 is 0 Å².